The van der Waals surface area contributed by atoms with E-state index >= 15 is 0 Å². The van der Waals surface area contributed by atoms with Crippen LogP contribution in [0.3, 0.4) is 0 Å². The van der Waals surface area contributed by atoms with Gasteiger partial charge in [-0.15, -0.1) is 0 Å². The highest BCUT2D eigenvalue weighted by Gasteiger charge is 2.20. The van der Waals surface area contributed by atoms with Gasteiger partial charge in [-0.2, -0.15) is 0 Å². The van der Waals surface area contributed by atoms with Crippen LogP contribution < -0.4 is 5.32 Å². The van der Waals surface area contributed by atoms with Gasteiger partial charge in [0.05, 0.1) is 0 Å². The minimum Gasteiger partial charge on any atom is -0.355 e. The van der Waals surface area contributed by atoms with Crippen molar-refractivity contribution in [3.05, 3.63) is 71.9 Å². The van der Waals surface area contributed by atoms with Gasteiger partial charge >= 0.3 is 0 Å². The van der Waals surface area contributed by atoms with Gasteiger partial charge in [-0.25, -0.2) is 0 Å². The van der Waals surface area contributed by atoms with E-state index < -0.39 is 0 Å². The molecule has 1 saturated heterocycles. The summed E-state index contributed by atoms with van der Waals surface area (Å²) in [7, 11) is 0. The molecule has 2 aromatic carbocycles. The van der Waals surface area contributed by atoms with Gasteiger partial charge in [0.25, 0.3) is 11.8 Å². The van der Waals surface area contributed by atoms with Crippen LogP contribution in [0.5, 0.6) is 0 Å². The fourth-order valence-electron chi connectivity index (χ4n) is 3.15. The monoisotopic (exact) mass is 361 g/mol. The molecule has 1 aliphatic heterocycles. The molecule has 6 heteroatoms. The molecule has 4 rings (SSSR count). The molecule has 2 amide bonds. The second-order valence-corrected chi connectivity index (χ2v) is 6.48. The average molecular weight is 361 g/mol. The van der Waals surface area contributed by atoms with Crippen molar-refractivity contribution in [1.82, 2.24) is 10.1 Å². The number of benzene rings is 2. The van der Waals surface area contributed by atoms with Gasteiger partial charge in [0, 0.05) is 36.0 Å². The zero-order chi connectivity index (χ0) is 18.6. The largest absolute Gasteiger partial charge is 0.355 e. The van der Waals surface area contributed by atoms with Gasteiger partial charge in [-0.3, -0.25) is 9.59 Å². The molecule has 1 fully saturated rings. The average Bonchev–Trinajstić information content (AvgIpc) is 3.40. The highest BCUT2D eigenvalue weighted by Crippen LogP contribution is 2.21. The molecule has 0 saturated carbocycles. The Bertz CT molecular complexity index is 960. The van der Waals surface area contributed by atoms with Crippen molar-refractivity contribution >= 4 is 17.5 Å². The van der Waals surface area contributed by atoms with Gasteiger partial charge in [-0.05, 0) is 31.0 Å². The first-order valence-corrected chi connectivity index (χ1v) is 8.93. The van der Waals surface area contributed by atoms with Crippen LogP contribution in [0.25, 0.3) is 11.3 Å². The summed E-state index contributed by atoms with van der Waals surface area (Å²) in [5, 5.41) is 6.62. The van der Waals surface area contributed by atoms with Crippen molar-refractivity contribution in [3.8, 4) is 11.3 Å². The summed E-state index contributed by atoms with van der Waals surface area (Å²) in [5.74, 6) is 0.141. The normalized spacial score (nSPS) is 13.6. The van der Waals surface area contributed by atoms with Crippen LogP contribution in [0.15, 0.2) is 65.2 Å². The maximum absolute atomic E-state index is 12.5. The molecule has 1 aliphatic rings. The summed E-state index contributed by atoms with van der Waals surface area (Å²) in [6.45, 7) is 1.58. The standard InChI is InChI=1S/C21H19N3O3/c25-20(18-14-19(27-23-18)15-7-2-1-3-8-15)22-17-10-6-9-16(13-17)21(26)24-11-4-5-12-24/h1-3,6-10,13-14H,4-5,11-12H2,(H,22,25). The van der Waals surface area contributed by atoms with Crippen molar-refractivity contribution in [1.29, 1.82) is 0 Å². The molecule has 0 spiro atoms. The molecule has 1 aromatic heterocycles. The van der Waals surface area contributed by atoms with Crippen molar-refractivity contribution < 1.29 is 14.1 Å². The van der Waals surface area contributed by atoms with Crippen LogP contribution in [0.4, 0.5) is 5.69 Å². The van der Waals surface area contributed by atoms with Gasteiger partial charge in [0.1, 0.15) is 0 Å². The van der Waals surface area contributed by atoms with Crippen LogP contribution in [0, 0.1) is 0 Å². The molecule has 1 N–H and O–H groups in total. The lowest BCUT2D eigenvalue weighted by Crippen LogP contribution is -2.27. The highest BCUT2D eigenvalue weighted by molar-refractivity contribution is 6.04. The second kappa shape index (κ2) is 7.45. The topological polar surface area (TPSA) is 75.4 Å². The lowest BCUT2D eigenvalue weighted by molar-refractivity contribution is 0.0792. The first kappa shape index (κ1) is 17.0. The quantitative estimate of drug-likeness (QED) is 0.766. The van der Waals surface area contributed by atoms with E-state index in [4.69, 9.17) is 4.52 Å². The molecular weight excluding hydrogens is 342 g/mol. The fourth-order valence-corrected chi connectivity index (χ4v) is 3.15. The van der Waals surface area contributed by atoms with Crippen LogP contribution >= 0.6 is 0 Å². The molecule has 0 aliphatic carbocycles. The minimum absolute atomic E-state index is 0.00333. The molecule has 27 heavy (non-hydrogen) atoms. The summed E-state index contributed by atoms with van der Waals surface area (Å²) in [5.41, 5.74) is 2.15. The van der Waals surface area contributed by atoms with Crippen LogP contribution in [-0.2, 0) is 0 Å². The van der Waals surface area contributed by atoms with Gasteiger partial charge in [0.2, 0.25) is 0 Å². The number of aromatic nitrogens is 1. The number of carbonyl (C=O) groups excluding carboxylic acids is 2. The third kappa shape index (κ3) is 3.74. The number of rotatable bonds is 4. The minimum atomic E-state index is -0.383. The van der Waals surface area contributed by atoms with E-state index in [2.05, 4.69) is 10.5 Å². The molecule has 0 bridgehead atoms. The summed E-state index contributed by atoms with van der Waals surface area (Å²) in [6, 6.07) is 18.0. The number of nitrogens with zero attached hydrogens (tertiary/aromatic N) is 2. The van der Waals surface area contributed by atoms with Crippen molar-refractivity contribution in [3.63, 3.8) is 0 Å². The Kier molecular flexibility index (Phi) is 4.70. The third-order valence-corrected chi connectivity index (χ3v) is 4.56. The van der Waals surface area contributed by atoms with Gasteiger partial charge in [-0.1, -0.05) is 41.6 Å². The zero-order valence-corrected chi connectivity index (χ0v) is 14.7. The van der Waals surface area contributed by atoms with Gasteiger partial charge in [0.15, 0.2) is 11.5 Å². The van der Waals surface area contributed by atoms with E-state index in [1.54, 1.807) is 30.3 Å². The summed E-state index contributed by atoms with van der Waals surface area (Å²) in [4.78, 5) is 26.8. The maximum atomic E-state index is 12.5. The Morgan fingerprint density at radius 1 is 0.963 bits per heavy atom. The second-order valence-electron chi connectivity index (χ2n) is 6.48. The van der Waals surface area contributed by atoms with E-state index in [-0.39, 0.29) is 17.5 Å². The predicted molar refractivity (Wildman–Crippen MR) is 101 cm³/mol. The van der Waals surface area contributed by atoms with Crippen LogP contribution in [0.1, 0.15) is 33.7 Å². The smallest absolute Gasteiger partial charge is 0.277 e. The van der Waals surface area contributed by atoms with E-state index in [1.807, 2.05) is 35.2 Å². The third-order valence-electron chi connectivity index (χ3n) is 4.56. The number of amides is 2. The predicted octanol–water partition coefficient (Wildman–Crippen LogP) is 3.83. The number of likely N-dealkylation sites (tertiary alicyclic amines) is 1. The number of carbonyl (C=O) groups is 2. The van der Waals surface area contributed by atoms with Crippen LogP contribution in [0.2, 0.25) is 0 Å². The molecule has 0 radical (unpaired) electrons. The lowest BCUT2D eigenvalue weighted by atomic mass is 10.1. The van der Waals surface area contributed by atoms with Crippen molar-refractivity contribution in [2.45, 2.75) is 12.8 Å². The molecule has 6 nitrogen and oxygen atoms in total. The lowest BCUT2D eigenvalue weighted by Gasteiger charge is -2.15. The first-order chi connectivity index (χ1) is 13.2. The number of nitrogens with one attached hydrogen (secondary N) is 1. The molecule has 0 atom stereocenters. The number of anilines is 1. The Labute approximate surface area is 156 Å². The Morgan fingerprint density at radius 2 is 1.74 bits per heavy atom. The van der Waals surface area contributed by atoms with E-state index in [0.717, 1.165) is 31.5 Å². The highest BCUT2D eigenvalue weighted by atomic mass is 16.5. The molecular formula is C21H19N3O3. The maximum Gasteiger partial charge on any atom is 0.277 e. The van der Waals surface area contributed by atoms with E-state index in [1.165, 1.54) is 0 Å². The van der Waals surface area contributed by atoms with Gasteiger partial charge < -0.3 is 14.7 Å². The van der Waals surface area contributed by atoms with E-state index in [0.29, 0.717) is 17.0 Å². The number of hydrogen-bond donors (Lipinski definition) is 1. The molecule has 2 heterocycles. The van der Waals surface area contributed by atoms with Crippen molar-refractivity contribution in [2.24, 2.45) is 0 Å². The SMILES string of the molecule is O=C(Nc1cccc(C(=O)N2CCCC2)c1)c1cc(-c2ccccc2)on1. The summed E-state index contributed by atoms with van der Waals surface area (Å²) < 4.78 is 5.27. The summed E-state index contributed by atoms with van der Waals surface area (Å²) >= 11 is 0. The number of hydrogen-bond acceptors (Lipinski definition) is 4. The summed E-state index contributed by atoms with van der Waals surface area (Å²) in [6.07, 6.45) is 2.08. The Balaban J connectivity index is 1.48. The van der Waals surface area contributed by atoms with Crippen molar-refractivity contribution in [2.75, 3.05) is 18.4 Å². The Morgan fingerprint density at radius 3 is 2.52 bits per heavy atom. The van der Waals surface area contributed by atoms with E-state index in [9.17, 15) is 9.59 Å². The fraction of sp³-hybridized carbons (Fsp3) is 0.190. The Hall–Kier alpha value is -3.41. The molecule has 0 unspecified atom stereocenters. The molecule has 3 aromatic rings. The first-order valence-electron chi connectivity index (χ1n) is 8.93. The zero-order valence-electron chi connectivity index (χ0n) is 14.7. The van der Waals surface area contributed by atoms with Crippen LogP contribution in [-0.4, -0.2) is 35.0 Å². The molecule has 136 valence electrons.